The number of hydrogen-bond donors (Lipinski definition) is 1. The predicted octanol–water partition coefficient (Wildman–Crippen LogP) is 3.92. The van der Waals surface area contributed by atoms with E-state index >= 15 is 0 Å². The average Bonchev–Trinajstić information content (AvgIpc) is 2.91. The first-order valence-corrected chi connectivity index (χ1v) is 7.99. The third-order valence-electron chi connectivity index (χ3n) is 2.97. The molecule has 130 valence electrons. The van der Waals surface area contributed by atoms with Gasteiger partial charge in [0.05, 0.1) is 11.1 Å². The number of rotatable bonds is 7. The number of aryl methyl sites for hydroxylation is 1. The number of aromatic nitrogens is 2. The molecule has 1 amide bonds. The third-order valence-corrected chi connectivity index (χ3v) is 3.55. The molecule has 1 heterocycles. The van der Waals surface area contributed by atoms with Crippen LogP contribution in [0, 0.1) is 0 Å². The standard InChI is InChI=1S/C15H16BrF2N3O3/c1-3-21-8-10(16)13(20-21)14(22)19-9-5-6-11(24-15(17)18)12(7-9)23-4-2/h5-8,15H,3-4H2,1-2H3,(H,19,22). The summed E-state index contributed by atoms with van der Waals surface area (Å²) in [6, 6.07) is 4.18. The highest BCUT2D eigenvalue weighted by atomic mass is 79.9. The molecule has 0 unspecified atom stereocenters. The van der Waals surface area contributed by atoms with Crippen molar-refractivity contribution < 1.29 is 23.0 Å². The number of nitrogens with zero attached hydrogens (tertiary/aromatic N) is 2. The molecule has 9 heteroatoms. The Morgan fingerprint density at radius 2 is 2.12 bits per heavy atom. The summed E-state index contributed by atoms with van der Waals surface area (Å²) in [5.41, 5.74) is 0.603. The summed E-state index contributed by atoms with van der Waals surface area (Å²) in [4.78, 5) is 12.3. The second-order valence-corrected chi connectivity index (χ2v) is 5.46. The molecule has 1 aromatic carbocycles. The van der Waals surface area contributed by atoms with E-state index in [2.05, 4.69) is 31.1 Å². The fourth-order valence-electron chi connectivity index (χ4n) is 1.95. The van der Waals surface area contributed by atoms with Crippen molar-refractivity contribution in [2.45, 2.75) is 27.0 Å². The smallest absolute Gasteiger partial charge is 0.387 e. The topological polar surface area (TPSA) is 65.4 Å². The summed E-state index contributed by atoms with van der Waals surface area (Å²) in [6.45, 7) is 1.55. The normalized spacial score (nSPS) is 10.8. The van der Waals surface area contributed by atoms with Gasteiger partial charge in [0.15, 0.2) is 17.2 Å². The van der Waals surface area contributed by atoms with Crippen LogP contribution in [-0.4, -0.2) is 28.9 Å². The molecule has 2 rings (SSSR count). The molecule has 2 aromatic rings. The maximum absolute atomic E-state index is 12.4. The van der Waals surface area contributed by atoms with Gasteiger partial charge in [0.25, 0.3) is 5.91 Å². The number of anilines is 1. The summed E-state index contributed by atoms with van der Waals surface area (Å²) in [7, 11) is 0. The van der Waals surface area contributed by atoms with Gasteiger partial charge in [-0.25, -0.2) is 0 Å². The highest BCUT2D eigenvalue weighted by Crippen LogP contribution is 2.32. The van der Waals surface area contributed by atoms with Gasteiger partial charge >= 0.3 is 6.61 Å². The Morgan fingerprint density at radius 3 is 2.71 bits per heavy atom. The number of hydrogen-bond acceptors (Lipinski definition) is 4. The van der Waals surface area contributed by atoms with Gasteiger partial charge < -0.3 is 14.8 Å². The zero-order valence-corrected chi connectivity index (χ0v) is 14.6. The first kappa shape index (κ1) is 18.2. The molecule has 24 heavy (non-hydrogen) atoms. The van der Waals surface area contributed by atoms with Gasteiger partial charge in [-0.15, -0.1) is 0 Å². The van der Waals surface area contributed by atoms with Crippen molar-refractivity contribution in [3.8, 4) is 11.5 Å². The first-order valence-electron chi connectivity index (χ1n) is 7.20. The lowest BCUT2D eigenvalue weighted by Gasteiger charge is -2.13. The van der Waals surface area contributed by atoms with E-state index in [0.717, 1.165) is 0 Å². The van der Waals surface area contributed by atoms with Crippen LogP contribution in [0.1, 0.15) is 24.3 Å². The number of amides is 1. The quantitative estimate of drug-likeness (QED) is 0.760. The number of nitrogens with one attached hydrogen (secondary N) is 1. The lowest BCUT2D eigenvalue weighted by molar-refractivity contribution is -0.0514. The van der Waals surface area contributed by atoms with Crippen LogP contribution in [0.25, 0.3) is 0 Å². The number of ether oxygens (including phenoxy) is 2. The van der Waals surface area contributed by atoms with Crippen molar-refractivity contribution in [2.75, 3.05) is 11.9 Å². The largest absolute Gasteiger partial charge is 0.490 e. The monoisotopic (exact) mass is 403 g/mol. The van der Waals surface area contributed by atoms with Crippen LogP contribution in [0.5, 0.6) is 11.5 Å². The highest BCUT2D eigenvalue weighted by molar-refractivity contribution is 9.10. The van der Waals surface area contributed by atoms with E-state index in [-0.39, 0.29) is 23.8 Å². The molecule has 0 aliphatic heterocycles. The average molecular weight is 404 g/mol. The Labute approximate surface area is 145 Å². The molecule has 1 aromatic heterocycles. The molecule has 0 bridgehead atoms. The number of alkyl halides is 2. The van der Waals surface area contributed by atoms with Crippen LogP contribution in [-0.2, 0) is 6.54 Å². The lowest BCUT2D eigenvalue weighted by Crippen LogP contribution is -2.14. The molecule has 1 N–H and O–H groups in total. The number of halogens is 3. The number of carbonyl (C=O) groups is 1. The molecule has 6 nitrogen and oxygen atoms in total. The third kappa shape index (κ3) is 4.44. The predicted molar refractivity (Wildman–Crippen MR) is 87.8 cm³/mol. The molecular weight excluding hydrogens is 388 g/mol. The molecule has 0 aliphatic carbocycles. The van der Waals surface area contributed by atoms with Gasteiger partial charge in [-0.2, -0.15) is 13.9 Å². The van der Waals surface area contributed by atoms with Gasteiger partial charge in [-0.05, 0) is 41.9 Å². The van der Waals surface area contributed by atoms with Crippen LogP contribution in [0.15, 0.2) is 28.9 Å². The minimum absolute atomic E-state index is 0.0960. The van der Waals surface area contributed by atoms with Gasteiger partial charge in [-0.1, -0.05) is 0 Å². The Balaban J connectivity index is 2.20. The summed E-state index contributed by atoms with van der Waals surface area (Å²) >= 11 is 3.28. The summed E-state index contributed by atoms with van der Waals surface area (Å²) in [6.07, 6.45) is 1.69. The van der Waals surface area contributed by atoms with Gasteiger partial charge in [0, 0.05) is 24.5 Å². The molecule has 0 saturated carbocycles. The van der Waals surface area contributed by atoms with Crippen LogP contribution < -0.4 is 14.8 Å². The Morgan fingerprint density at radius 1 is 1.38 bits per heavy atom. The Bertz CT molecular complexity index is 722. The maximum atomic E-state index is 12.4. The molecule has 0 atom stereocenters. The van der Waals surface area contributed by atoms with Crippen LogP contribution >= 0.6 is 15.9 Å². The van der Waals surface area contributed by atoms with E-state index in [4.69, 9.17) is 4.74 Å². The molecule has 0 radical (unpaired) electrons. The second kappa shape index (κ2) is 8.09. The van der Waals surface area contributed by atoms with E-state index in [1.165, 1.54) is 18.2 Å². The minimum atomic E-state index is -2.96. The van der Waals surface area contributed by atoms with E-state index in [1.54, 1.807) is 17.8 Å². The van der Waals surface area contributed by atoms with Crippen molar-refractivity contribution in [2.24, 2.45) is 0 Å². The summed E-state index contributed by atoms with van der Waals surface area (Å²) < 4.78 is 36.6. The number of benzene rings is 1. The summed E-state index contributed by atoms with van der Waals surface area (Å²) in [5, 5.41) is 6.79. The minimum Gasteiger partial charge on any atom is -0.490 e. The van der Waals surface area contributed by atoms with E-state index < -0.39 is 12.5 Å². The Hall–Kier alpha value is -2.16. The van der Waals surface area contributed by atoms with Crippen LogP contribution in [0.4, 0.5) is 14.5 Å². The van der Waals surface area contributed by atoms with Crippen molar-refractivity contribution in [3.05, 3.63) is 34.6 Å². The van der Waals surface area contributed by atoms with Gasteiger partial charge in [0.1, 0.15) is 0 Å². The van der Waals surface area contributed by atoms with Crippen molar-refractivity contribution in [1.82, 2.24) is 9.78 Å². The highest BCUT2D eigenvalue weighted by Gasteiger charge is 2.17. The molecule has 0 saturated heterocycles. The van der Waals surface area contributed by atoms with Gasteiger partial charge in [0.2, 0.25) is 0 Å². The zero-order valence-electron chi connectivity index (χ0n) is 13.1. The second-order valence-electron chi connectivity index (χ2n) is 4.61. The zero-order chi connectivity index (χ0) is 17.7. The van der Waals surface area contributed by atoms with Crippen molar-refractivity contribution in [3.63, 3.8) is 0 Å². The van der Waals surface area contributed by atoms with Crippen molar-refractivity contribution >= 4 is 27.5 Å². The van der Waals surface area contributed by atoms with E-state index in [1.807, 2.05) is 6.92 Å². The fraction of sp³-hybridized carbons (Fsp3) is 0.333. The Kier molecular flexibility index (Phi) is 6.13. The lowest BCUT2D eigenvalue weighted by atomic mass is 10.2. The fourth-order valence-corrected chi connectivity index (χ4v) is 2.45. The SMILES string of the molecule is CCOc1cc(NC(=O)c2nn(CC)cc2Br)ccc1OC(F)F. The van der Waals surface area contributed by atoms with Crippen molar-refractivity contribution in [1.29, 1.82) is 0 Å². The van der Waals surface area contributed by atoms with E-state index in [9.17, 15) is 13.6 Å². The first-order chi connectivity index (χ1) is 11.4. The number of carbonyl (C=O) groups excluding carboxylic acids is 1. The molecule has 0 aliphatic rings. The molecular formula is C15H16BrF2N3O3. The molecule has 0 fully saturated rings. The maximum Gasteiger partial charge on any atom is 0.387 e. The summed E-state index contributed by atoms with van der Waals surface area (Å²) in [5.74, 6) is -0.408. The van der Waals surface area contributed by atoms with Crippen LogP contribution in [0.2, 0.25) is 0 Å². The van der Waals surface area contributed by atoms with Crippen LogP contribution in [0.3, 0.4) is 0 Å². The van der Waals surface area contributed by atoms with E-state index in [0.29, 0.717) is 16.7 Å². The molecule has 0 spiro atoms. The van der Waals surface area contributed by atoms with Gasteiger partial charge in [-0.3, -0.25) is 9.48 Å².